The Kier molecular flexibility index (Phi) is 5.85. The first-order valence-electron chi connectivity index (χ1n) is 8.44. The summed E-state index contributed by atoms with van der Waals surface area (Å²) in [5.41, 5.74) is 1.23. The summed E-state index contributed by atoms with van der Waals surface area (Å²) in [7, 11) is 1.61. The molecule has 1 N–H and O–H groups in total. The third kappa shape index (κ3) is 4.40. The number of carbonyl (C=O) groups excluding carboxylic acids is 2. The number of methoxy groups -OCH3 is 1. The van der Waals surface area contributed by atoms with Crippen LogP contribution in [0.2, 0.25) is 0 Å². The van der Waals surface area contributed by atoms with E-state index in [1.54, 1.807) is 24.4 Å². The van der Waals surface area contributed by atoms with Crippen molar-refractivity contribution in [1.82, 2.24) is 25.2 Å². The zero-order valence-corrected chi connectivity index (χ0v) is 14.6. The van der Waals surface area contributed by atoms with Crippen molar-refractivity contribution < 1.29 is 14.3 Å². The monoisotopic (exact) mass is 355 g/mol. The largest absolute Gasteiger partial charge is 0.383 e. The molecule has 0 radical (unpaired) electrons. The van der Waals surface area contributed by atoms with Crippen LogP contribution in [-0.4, -0.2) is 65.0 Å². The quantitative estimate of drug-likeness (QED) is 0.788. The van der Waals surface area contributed by atoms with Gasteiger partial charge in [0.2, 0.25) is 5.91 Å². The molecular formula is C18H21N5O3. The SMILES string of the molecule is COCCN1C[C@@H](CNC(=O)c2cnc(-c3ccncc3)nc2)CC1=O. The van der Waals surface area contributed by atoms with E-state index >= 15 is 0 Å². The van der Waals surface area contributed by atoms with Gasteiger partial charge in [-0.15, -0.1) is 0 Å². The molecule has 1 fully saturated rings. The molecule has 1 aliphatic rings. The van der Waals surface area contributed by atoms with E-state index < -0.39 is 0 Å². The Morgan fingerprint density at radius 3 is 2.73 bits per heavy atom. The summed E-state index contributed by atoms with van der Waals surface area (Å²) >= 11 is 0. The fourth-order valence-corrected chi connectivity index (χ4v) is 2.84. The second-order valence-electron chi connectivity index (χ2n) is 6.14. The molecule has 0 bridgehead atoms. The Morgan fingerprint density at radius 2 is 2.04 bits per heavy atom. The van der Waals surface area contributed by atoms with Crippen molar-refractivity contribution in [2.75, 3.05) is 33.4 Å². The molecule has 136 valence electrons. The van der Waals surface area contributed by atoms with E-state index in [9.17, 15) is 9.59 Å². The van der Waals surface area contributed by atoms with E-state index in [1.165, 1.54) is 12.4 Å². The maximum Gasteiger partial charge on any atom is 0.254 e. The second-order valence-corrected chi connectivity index (χ2v) is 6.14. The van der Waals surface area contributed by atoms with Crippen molar-refractivity contribution in [3.8, 4) is 11.4 Å². The van der Waals surface area contributed by atoms with Gasteiger partial charge in [0.05, 0.1) is 12.2 Å². The minimum Gasteiger partial charge on any atom is -0.383 e. The summed E-state index contributed by atoms with van der Waals surface area (Å²) in [5.74, 6) is 0.514. The van der Waals surface area contributed by atoms with Crippen molar-refractivity contribution in [3.63, 3.8) is 0 Å². The molecule has 2 aromatic rings. The number of nitrogens with one attached hydrogen (secondary N) is 1. The molecule has 1 saturated heterocycles. The topological polar surface area (TPSA) is 97.3 Å². The first-order chi connectivity index (χ1) is 12.7. The number of pyridine rings is 1. The van der Waals surface area contributed by atoms with Gasteiger partial charge >= 0.3 is 0 Å². The normalized spacial score (nSPS) is 16.7. The summed E-state index contributed by atoms with van der Waals surface area (Å²) < 4.78 is 5.00. The summed E-state index contributed by atoms with van der Waals surface area (Å²) in [6.45, 7) is 2.19. The molecule has 2 aromatic heterocycles. The molecule has 0 aliphatic carbocycles. The molecular weight excluding hydrogens is 334 g/mol. The second kappa shape index (κ2) is 8.48. The summed E-state index contributed by atoms with van der Waals surface area (Å²) in [5, 5.41) is 2.86. The van der Waals surface area contributed by atoms with Crippen molar-refractivity contribution in [2.24, 2.45) is 5.92 Å². The molecule has 1 atom stereocenters. The first-order valence-corrected chi connectivity index (χ1v) is 8.44. The van der Waals surface area contributed by atoms with Gasteiger partial charge in [-0.2, -0.15) is 0 Å². The van der Waals surface area contributed by atoms with Crippen molar-refractivity contribution in [3.05, 3.63) is 42.5 Å². The van der Waals surface area contributed by atoms with Crippen LogP contribution in [0.15, 0.2) is 36.9 Å². The van der Waals surface area contributed by atoms with Gasteiger partial charge in [-0.1, -0.05) is 0 Å². The highest BCUT2D eigenvalue weighted by Crippen LogP contribution is 2.17. The number of hydrogen-bond donors (Lipinski definition) is 1. The molecule has 2 amide bonds. The van der Waals surface area contributed by atoms with Crippen LogP contribution < -0.4 is 5.32 Å². The number of ether oxygens (including phenoxy) is 1. The van der Waals surface area contributed by atoms with Gasteiger partial charge in [0.1, 0.15) is 0 Å². The Hall–Kier alpha value is -2.87. The van der Waals surface area contributed by atoms with Gasteiger partial charge in [0.25, 0.3) is 5.91 Å². The molecule has 8 nitrogen and oxygen atoms in total. The lowest BCUT2D eigenvalue weighted by Gasteiger charge is -2.16. The molecule has 0 saturated carbocycles. The summed E-state index contributed by atoms with van der Waals surface area (Å²) in [6, 6.07) is 3.61. The highest BCUT2D eigenvalue weighted by Gasteiger charge is 2.29. The van der Waals surface area contributed by atoms with Gasteiger partial charge < -0.3 is 15.0 Å². The molecule has 3 rings (SSSR count). The highest BCUT2D eigenvalue weighted by molar-refractivity contribution is 5.93. The number of hydrogen-bond acceptors (Lipinski definition) is 6. The van der Waals surface area contributed by atoms with E-state index in [2.05, 4.69) is 20.3 Å². The molecule has 0 aromatic carbocycles. The predicted molar refractivity (Wildman–Crippen MR) is 94.2 cm³/mol. The highest BCUT2D eigenvalue weighted by atomic mass is 16.5. The van der Waals surface area contributed by atoms with Gasteiger partial charge in [-0.05, 0) is 12.1 Å². The molecule has 0 spiro atoms. The fourth-order valence-electron chi connectivity index (χ4n) is 2.84. The zero-order chi connectivity index (χ0) is 18.4. The van der Waals surface area contributed by atoms with Crippen molar-refractivity contribution in [1.29, 1.82) is 0 Å². The average Bonchev–Trinajstić information content (AvgIpc) is 3.05. The summed E-state index contributed by atoms with van der Waals surface area (Å²) in [4.78, 5) is 38.4. The van der Waals surface area contributed by atoms with Gasteiger partial charge in [0.15, 0.2) is 5.82 Å². The smallest absolute Gasteiger partial charge is 0.254 e. The van der Waals surface area contributed by atoms with E-state index in [1.807, 2.05) is 12.1 Å². The number of amides is 2. The van der Waals surface area contributed by atoms with Crippen LogP contribution in [0.3, 0.4) is 0 Å². The zero-order valence-electron chi connectivity index (χ0n) is 14.6. The maximum atomic E-state index is 12.3. The van der Waals surface area contributed by atoms with Crippen LogP contribution in [0.25, 0.3) is 11.4 Å². The molecule has 3 heterocycles. The summed E-state index contributed by atoms with van der Waals surface area (Å²) in [6.07, 6.45) is 6.78. The van der Waals surface area contributed by atoms with Crippen molar-refractivity contribution >= 4 is 11.8 Å². The minimum absolute atomic E-state index is 0.103. The number of rotatable bonds is 7. The van der Waals surface area contributed by atoms with Gasteiger partial charge in [0, 0.05) is 69.4 Å². The standard InChI is InChI=1S/C18H21N5O3/c1-26-7-6-23-12-13(8-16(23)24)9-22-18(25)15-10-20-17(21-11-15)14-2-4-19-5-3-14/h2-5,10-11,13H,6-9,12H2,1H3,(H,22,25)/t13-/m1/s1. The lowest BCUT2D eigenvalue weighted by atomic mass is 10.1. The van der Waals surface area contributed by atoms with E-state index in [4.69, 9.17) is 4.74 Å². The number of nitrogens with zero attached hydrogens (tertiary/aromatic N) is 4. The molecule has 0 unspecified atom stereocenters. The number of aromatic nitrogens is 3. The predicted octanol–water partition coefficient (Wildman–Crippen LogP) is 0.763. The van der Waals surface area contributed by atoms with E-state index in [0.29, 0.717) is 44.0 Å². The average molecular weight is 355 g/mol. The third-order valence-corrected chi connectivity index (χ3v) is 4.26. The Labute approximate surface area is 151 Å². The van der Waals surface area contributed by atoms with Crippen LogP contribution in [0.5, 0.6) is 0 Å². The van der Waals surface area contributed by atoms with Crippen LogP contribution >= 0.6 is 0 Å². The lowest BCUT2D eigenvalue weighted by molar-refractivity contribution is -0.128. The molecule has 26 heavy (non-hydrogen) atoms. The fraction of sp³-hybridized carbons (Fsp3) is 0.389. The first kappa shape index (κ1) is 17.9. The van der Waals surface area contributed by atoms with E-state index in [0.717, 1.165) is 5.56 Å². The lowest BCUT2D eigenvalue weighted by Crippen LogP contribution is -2.32. The van der Waals surface area contributed by atoms with Gasteiger partial charge in [-0.3, -0.25) is 14.6 Å². The number of likely N-dealkylation sites (tertiary alicyclic amines) is 1. The molecule has 1 aliphatic heterocycles. The Morgan fingerprint density at radius 1 is 1.31 bits per heavy atom. The van der Waals surface area contributed by atoms with Crippen molar-refractivity contribution in [2.45, 2.75) is 6.42 Å². The number of carbonyl (C=O) groups is 2. The van der Waals surface area contributed by atoms with Crippen LogP contribution in [-0.2, 0) is 9.53 Å². The van der Waals surface area contributed by atoms with E-state index in [-0.39, 0.29) is 17.7 Å². The Bertz CT molecular complexity index is 751. The Balaban J connectivity index is 1.52. The maximum absolute atomic E-state index is 12.3. The van der Waals surface area contributed by atoms with Crippen LogP contribution in [0.4, 0.5) is 0 Å². The minimum atomic E-state index is -0.242. The third-order valence-electron chi connectivity index (χ3n) is 4.26. The van der Waals surface area contributed by atoms with Crippen LogP contribution in [0.1, 0.15) is 16.8 Å². The van der Waals surface area contributed by atoms with Gasteiger partial charge in [-0.25, -0.2) is 9.97 Å². The molecule has 8 heteroatoms. The van der Waals surface area contributed by atoms with Crippen LogP contribution in [0, 0.1) is 5.92 Å².